The molecule has 1 aromatic heterocycles. The van der Waals surface area contributed by atoms with E-state index in [0.717, 1.165) is 18.3 Å². The number of methoxy groups -OCH3 is 3. The lowest BCUT2D eigenvalue weighted by atomic mass is 9.85. The SMILES string of the molecule is COC1=C2C[C@@H](C)C[C@H](OC)[C@H](O)[C@@H](C)/C=C(\C)[C@H](OC(N)=O)[C@@H](OC)/C=C\C=C(/C)C(=O)NC(=CC1=O)C2=O.Nc1ccn([C@@H]2O[C@H](CO)[C@@H](O)C2(F)F)c(=O)n1. The molecular formula is C38H51F2N5O13. The average molecular weight is 824 g/mol. The molecule has 20 heteroatoms. The molecule has 1 fully saturated rings. The van der Waals surface area contributed by atoms with Crippen LogP contribution >= 0.6 is 0 Å². The van der Waals surface area contributed by atoms with Crippen molar-refractivity contribution in [3.8, 4) is 0 Å². The first-order valence-electron chi connectivity index (χ1n) is 18.0. The molecule has 320 valence electrons. The standard InChI is InChI=1S/C29H40N2O9.C9H11F2N3O4/c1-15-11-19-25(34)20(14-21(32)27(19)39-7)31-28(35)16(2)9-8-10-22(37-5)26(40-29(30)36)18(4)13-17(3)24(33)23(12-15)38-6;10-9(11)6(16)4(3-15)18-7(9)14-2-1-5(12)13-8(14)17/h8-10,13-15,17,22-24,26,33H,11-12H2,1-7H3,(H2,30,36)(H,31,35);1-2,4,6-7,15-16H,3H2,(H2,12,13,17)/b10-8-,16-9+,18-13+;/t15-,17+,22+,23+,24-,26+;4-,6-,7-/m11/s1. The monoisotopic (exact) mass is 823 g/mol. The maximum Gasteiger partial charge on any atom is 0.405 e. The van der Waals surface area contributed by atoms with Crippen molar-refractivity contribution in [1.82, 2.24) is 14.9 Å². The number of primary amides is 1. The van der Waals surface area contributed by atoms with Crippen LogP contribution in [0.4, 0.5) is 19.4 Å². The first kappa shape index (κ1) is 47.3. The molecule has 8 N–H and O–H groups in total. The normalized spacial score (nSPS) is 32.0. The van der Waals surface area contributed by atoms with Gasteiger partial charge in [0.15, 0.2) is 18.0 Å². The number of halogens is 2. The van der Waals surface area contributed by atoms with E-state index in [-0.39, 0.29) is 40.8 Å². The molecule has 2 amide bonds. The number of ether oxygens (including phenoxy) is 5. The van der Waals surface area contributed by atoms with Crippen LogP contribution in [0.1, 0.15) is 46.8 Å². The van der Waals surface area contributed by atoms with Gasteiger partial charge in [0.2, 0.25) is 17.8 Å². The summed E-state index contributed by atoms with van der Waals surface area (Å²) in [6.45, 7) is 6.13. The number of rotatable bonds is 6. The number of carbonyl (C=O) groups excluding carboxylic acids is 4. The highest BCUT2D eigenvalue weighted by Gasteiger charge is 2.59. The first-order valence-corrected chi connectivity index (χ1v) is 18.0. The van der Waals surface area contributed by atoms with E-state index in [1.807, 2.05) is 6.92 Å². The van der Waals surface area contributed by atoms with Crippen molar-refractivity contribution in [1.29, 1.82) is 0 Å². The number of allylic oxidation sites excluding steroid dienone is 4. The molecule has 0 unspecified atom stereocenters. The van der Waals surface area contributed by atoms with Crippen molar-refractivity contribution in [3.63, 3.8) is 0 Å². The van der Waals surface area contributed by atoms with E-state index in [2.05, 4.69) is 10.3 Å². The number of ketones is 2. The van der Waals surface area contributed by atoms with Crippen LogP contribution in [0.5, 0.6) is 0 Å². The van der Waals surface area contributed by atoms with Gasteiger partial charge in [0.25, 0.3) is 5.91 Å². The Morgan fingerprint density at radius 1 is 1.12 bits per heavy atom. The molecule has 1 aromatic rings. The summed E-state index contributed by atoms with van der Waals surface area (Å²) in [5.74, 6) is -6.21. The van der Waals surface area contributed by atoms with Crippen LogP contribution in [0, 0.1) is 11.8 Å². The molecular weight excluding hydrogens is 772 g/mol. The molecule has 4 rings (SSSR count). The lowest BCUT2D eigenvalue weighted by molar-refractivity contribution is -0.140. The van der Waals surface area contributed by atoms with E-state index in [1.165, 1.54) is 34.3 Å². The number of aromatic nitrogens is 2. The van der Waals surface area contributed by atoms with Crippen LogP contribution in [-0.2, 0) is 38.1 Å². The number of hydrogen-bond donors (Lipinski definition) is 6. The van der Waals surface area contributed by atoms with E-state index < -0.39 is 90.6 Å². The number of nitrogens with zero attached hydrogens (tertiary/aromatic N) is 2. The summed E-state index contributed by atoms with van der Waals surface area (Å²) in [5, 5.41) is 31.8. The van der Waals surface area contributed by atoms with Gasteiger partial charge in [-0.05, 0) is 44.2 Å². The highest BCUT2D eigenvalue weighted by atomic mass is 19.3. The Morgan fingerprint density at radius 3 is 2.34 bits per heavy atom. The van der Waals surface area contributed by atoms with E-state index >= 15 is 0 Å². The van der Waals surface area contributed by atoms with Crippen LogP contribution in [0.15, 0.2) is 75.6 Å². The quantitative estimate of drug-likeness (QED) is 0.173. The number of anilines is 1. The molecule has 58 heavy (non-hydrogen) atoms. The summed E-state index contributed by atoms with van der Waals surface area (Å²) in [4.78, 5) is 65.3. The number of nitrogens with one attached hydrogen (secondary N) is 1. The number of nitrogen functional groups attached to an aromatic ring is 1. The van der Waals surface area contributed by atoms with E-state index in [4.69, 9.17) is 40.3 Å². The van der Waals surface area contributed by atoms with Crippen molar-refractivity contribution in [2.75, 3.05) is 33.7 Å². The summed E-state index contributed by atoms with van der Waals surface area (Å²) in [5.41, 5.74) is 10.3. The molecule has 3 heterocycles. The van der Waals surface area contributed by atoms with Gasteiger partial charge in [-0.15, -0.1) is 0 Å². The second-order valence-corrected chi connectivity index (χ2v) is 14.0. The maximum absolute atomic E-state index is 13.7. The molecule has 0 spiro atoms. The number of aliphatic hydroxyl groups excluding tert-OH is 3. The number of carbonyl (C=O) groups is 4. The van der Waals surface area contributed by atoms with Gasteiger partial charge in [-0.3, -0.25) is 19.0 Å². The zero-order chi connectivity index (χ0) is 43.6. The molecule has 1 saturated heterocycles. The molecule has 0 aromatic carbocycles. The zero-order valence-corrected chi connectivity index (χ0v) is 33.1. The molecule has 0 saturated carbocycles. The van der Waals surface area contributed by atoms with E-state index in [0.29, 0.717) is 16.6 Å². The van der Waals surface area contributed by atoms with Gasteiger partial charge >= 0.3 is 17.7 Å². The Bertz CT molecular complexity index is 1910. The fourth-order valence-electron chi connectivity index (χ4n) is 6.50. The van der Waals surface area contributed by atoms with Crippen LogP contribution < -0.4 is 22.5 Å². The lowest BCUT2D eigenvalue weighted by Crippen LogP contribution is -2.41. The van der Waals surface area contributed by atoms with Gasteiger partial charge < -0.3 is 55.8 Å². The number of hydrogen-bond acceptors (Lipinski definition) is 15. The highest BCUT2D eigenvalue weighted by Crippen LogP contribution is 2.42. The van der Waals surface area contributed by atoms with Crippen LogP contribution in [0.2, 0.25) is 0 Å². The predicted octanol–water partition coefficient (Wildman–Crippen LogP) is 1.12. The largest absolute Gasteiger partial charge is 0.492 e. The van der Waals surface area contributed by atoms with Crippen LogP contribution in [0.3, 0.4) is 0 Å². The van der Waals surface area contributed by atoms with Crippen molar-refractivity contribution in [2.45, 2.75) is 89.3 Å². The van der Waals surface area contributed by atoms with Crippen molar-refractivity contribution < 1.29 is 67.0 Å². The fourth-order valence-corrected chi connectivity index (χ4v) is 6.50. The number of alkyl halides is 2. The smallest absolute Gasteiger partial charge is 0.405 e. The van der Waals surface area contributed by atoms with Gasteiger partial charge in [0.05, 0.1) is 31.6 Å². The summed E-state index contributed by atoms with van der Waals surface area (Å²) >= 11 is 0. The van der Waals surface area contributed by atoms with Crippen LogP contribution in [0.25, 0.3) is 0 Å². The second kappa shape index (κ2) is 20.5. The number of fused-ring (bicyclic) bond motifs is 2. The molecule has 1 aliphatic carbocycles. The Labute approximate surface area is 332 Å². The lowest BCUT2D eigenvalue weighted by Gasteiger charge is -2.29. The Balaban J connectivity index is 0.000000413. The summed E-state index contributed by atoms with van der Waals surface area (Å²) < 4.78 is 54.4. The van der Waals surface area contributed by atoms with Gasteiger partial charge in [0, 0.05) is 43.6 Å². The van der Waals surface area contributed by atoms with Crippen LogP contribution in [-0.4, -0.2) is 119 Å². The molecule has 2 bridgehead atoms. The third kappa shape index (κ3) is 11.3. The van der Waals surface area contributed by atoms with Gasteiger partial charge in [0.1, 0.15) is 18.0 Å². The van der Waals surface area contributed by atoms with Crippen molar-refractivity contribution in [3.05, 3.63) is 81.3 Å². The highest BCUT2D eigenvalue weighted by molar-refractivity contribution is 6.23. The maximum atomic E-state index is 13.7. The fraction of sp³-hybridized carbons (Fsp3) is 0.526. The topological polar surface area (TPSA) is 274 Å². The molecule has 3 aliphatic rings. The van der Waals surface area contributed by atoms with Gasteiger partial charge in [-0.25, -0.2) is 9.59 Å². The molecule has 2 aliphatic heterocycles. The molecule has 0 radical (unpaired) electrons. The zero-order valence-electron chi connectivity index (χ0n) is 33.1. The average Bonchev–Trinajstić information content (AvgIpc) is 3.39. The first-order chi connectivity index (χ1) is 27.2. The van der Waals surface area contributed by atoms with E-state index in [9.17, 15) is 43.0 Å². The summed E-state index contributed by atoms with van der Waals surface area (Å²) in [6.07, 6.45) is -1.07. The summed E-state index contributed by atoms with van der Waals surface area (Å²) in [7, 11) is 4.21. The molecule has 9 atom stereocenters. The minimum absolute atomic E-state index is 0.0801. The van der Waals surface area contributed by atoms with E-state index in [1.54, 1.807) is 32.1 Å². The number of nitrogens with two attached hydrogens (primary N) is 2. The third-order valence-corrected chi connectivity index (χ3v) is 9.61. The number of amides is 2. The van der Waals surface area contributed by atoms with Crippen molar-refractivity contribution in [2.24, 2.45) is 17.6 Å². The minimum atomic E-state index is -3.71. The Hall–Kier alpha value is -5.12. The number of aliphatic hydroxyl groups is 3. The predicted molar refractivity (Wildman–Crippen MR) is 201 cm³/mol. The third-order valence-electron chi connectivity index (χ3n) is 9.61. The minimum Gasteiger partial charge on any atom is -0.492 e. The molecule has 18 nitrogen and oxygen atoms in total. The Kier molecular flexibility index (Phi) is 16.7. The summed E-state index contributed by atoms with van der Waals surface area (Å²) in [6, 6.07) is 1.15. The number of Topliss-reactive ketones (excluding diaryl/α,β-unsaturated/α-hetero) is 1. The van der Waals surface area contributed by atoms with Gasteiger partial charge in [-0.2, -0.15) is 13.8 Å². The van der Waals surface area contributed by atoms with Crippen molar-refractivity contribution >= 4 is 29.4 Å². The Morgan fingerprint density at radius 2 is 1.79 bits per heavy atom. The van der Waals surface area contributed by atoms with Gasteiger partial charge in [-0.1, -0.05) is 38.2 Å². The second-order valence-electron chi connectivity index (χ2n) is 14.0.